The maximum Gasteiger partial charge on any atom is 0.161 e. The third kappa shape index (κ3) is 4.11. The molecule has 1 saturated heterocycles. The van der Waals surface area contributed by atoms with E-state index in [2.05, 4.69) is 18.3 Å². The lowest BCUT2D eigenvalue weighted by Gasteiger charge is -2.24. The largest absolute Gasteiger partial charge is 0.493 e. The molecule has 4 heteroatoms. The monoisotopic (exact) mass is 265 g/mol. The van der Waals surface area contributed by atoms with Crippen LogP contribution in [0.2, 0.25) is 0 Å². The highest BCUT2D eigenvalue weighted by molar-refractivity contribution is 5.43. The van der Waals surface area contributed by atoms with E-state index >= 15 is 0 Å². The topological polar surface area (TPSA) is 39.7 Å². The molecule has 2 rings (SSSR count). The fourth-order valence-corrected chi connectivity index (χ4v) is 2.16. The van der Waals surface area contributed by atoms with Gasteiger partial charge < -0.3 is 19.5 Å². The highest BCUT2D eigenvalue weighted by Gasteiger charge is 2.17. The molecular formula is C15H23NO3. The summed E-state index contributed by atoms with van der Waals surface area (Å²) in [5.41, 5.74) is 1.21. The Bertz CT molecular complexity index is 389. The van der Waals surface area contributed by atoms with Crippen LogP contribution >= 0.6 is 0 Å². The van der Waals surface area contributed by atoms with Gasteiger partial charge in [-0.3, -0.25) is 0 Å². The van der Waals surface area contributed by atoms with Crippen LogP contribution in [0.4, 0.5) is 0 Å². The lowest BCUT2D eigenvalue weighted by molar-refractivity contribution is 0.0245. The van der Waals surface area contributed by atoms with Gasteiger partial charge in [0.25, 0.3) is 0 Å². The number of benzene rings is 1. The van der Waals surface area contributed by atoms with Crippen LogP contribution in [0.25, 0.3) is 0 Å². The van der Waals surface area contributed by atoms with Gasteiger partial charge in [0.2, 0.25) is 0 Å². The van der Waals surface area contributed by atoms with E-state index in [-0.39, 0.29) is 6.10 Å². The molecule has 1 fully saturated rings. The zero-order valence-electron chi connectivity index (χ0n) is 11.8. The van der Waals surface area contributed by atoms with Gasteiger partial charge in [-0.1, -0.05) is 13.0 Å². The number of hydrogen-bond donors (Lipinski definition) is 1. The second-order valence-corrected chi connectivity index (χ2v) is 4.70. The van der Waals surface area contributed by atoms with Crippen LogP contribution in [-0.4, -0.2) is 33.0 Å². The minimum atomic E-state index is 0.238. The predicted molar refractivity (Wildman–Crippen MR) is 74.8 cm³/mol. The first-order valence-electron chi connectivity index (χ1n) is 6.95. The Hall–Kier alpha value is -1.26. The van der Waals surface area contributed by atoms with Gasteiger partial charge in [-0.15, -0.1) is 0 Å². The Morgan fingerprint density at radius 2 is 2.05 bits per heavy atom. The molecule has 1 heterocycles. The Balaban J connectivity index is 2.02. The summed E-state index contributed by atoms with van der Waals surface area (Å²) in [6, 6.07) is 6.12. The van der Waals surface area contributed by atoms with E-state index in [9.17, 15) is 0 Å². The molecule has 0 atom stereocenters. The van der Waals surface area contributed by atoms with Gasteiger partial charge in [-0.05, 0) is 24.2 Å². The van der Waals surface area contributed by atoms with E-state index < -0.39 is 0 Å². The van der Waals surface area contributed by atoms with Crippen molar-refractivity contribution in [2.45, 2.75) is 32.4 Å². The summed E-state index contributed by atoms with van der Waals surface area (Å²) in [5, 5.41) is 3.30. The van der Waals surface area contributed by atoms with Crippen molar-refractivity contribution in [3.05, 3.63) is 23.8 Å². The van der Waals surface area contributed by atoms with E-state index in [1.165, 1.54) is 5.56 Å². The van der Waals surface area contributed by atoms with E-state index in [0.29, 0.717) is 0 Å². The van der Waals surface area contributed by atoms with Crippen molar-refractivity contribution in [2.24, 2.45) is 0 Å². The number of rotatable bonds is 6. The van der Waals surface area contributed by atoms with Crippen LogP contribution in [0.1, 0.15) is 25.3 Å². The van der Waals surface area contributed by atoms with Crippen molar-refractivity contribution < 1.29 is 14.2 Å². The highest BCUT2D eigenvalue weighted by atomic mass is 16.5. The molecule has 0 bridgehead atoms. The van der Waals surface area contributed by atoms with Crippen LogP contribution in [0.5, 0.6) is 11.5 Å². The third-order valence-corrected chi connectivity index (χ3v) is 3.27. The Labute approximate surface area is 115 Å². The second-order valence-electron chi connectivity index (χ2n) is 4.70. The van der Waals surface area contributed by atoms with E-state index in [4.69, 9.17) is 14.2 Å². The molecular weight excluding hydrogens is 242 g/mol. The fourth-order valence-electron chi connectivity index (χ4n) is 2.16. The molecule has 19 heavy (non-hydrogen) atoms. The number of nitrogens with one attached hydrogen (secondary N) is 1. The molecule has 4 nitrogen and oxygen atoms in total. The molecule has 1 aliphatic rings. The fraction of sp³-hybridized carbons (Fsp3) is 0.600. The molecule has 1 aliphatic heterocycles. The standard InChI is InChI=1S/C15H23NO3/c1-3-16-11-12-4-5-14(15(10-12)17-2)19-13-6-8-18-9-7-13/h4-5,10,13,16H,3,6-9,11H2,1-2H3. The van der Waals surface area contributed by atoms with Gasteiger partial charge >= 0.3 is 0 Å². The minimum Gasteiger partial charge on any atom is -0.493 e. The molecule has 1 aromatic carbocycles. The van der Waals surface area contributed by atoms with Crippen LogP contribution in [0, 0.1) is 0 Å². The summed E-state index contributed by atoms with van der Waals surface area (Å²) in [4.78, 5) is 0. The maximum absolute atomic E-state index is 6.01. The van der Waals surface area contributed by atoms with Crippen molar-refractivity contribution >= 4 is 0 Å². The van der Waals surface area contributed by atoms with Crippen LogP contribution in [0.15, 0.2) is 18.2 Å². The van der Waals surface area contributed by atoms with E-state index in [0.717, 1.165) is 50.6 Å². The summed E-state index contributed by atoms with van der Waals surface area (Å²) in [5.74, 6) is 1.64. The maximum atomic E-state index is 6.01. The van der Waals surface area contributed by atoms with Crippen molar-refractivity contribution in [3.63, 3.8) is 0 Å². The normalized spacial score (nSPS) is 16.3. The van der Waals surface area contributed by atoms with Crippen molar-refractivity contribution in [1.82, 2.24) is 5.32 Å². The van der Waals surface area contributed by atoms with Gasteiger partial charge in [0, 0.05) is 19.4 Å². The number of ether oxygens (including phenoxy) is 3. The first-order chi connectivity index (χ1) is 9.33. The van der Waals surface area contributed by atoms with Gasteiger partial charge in [0.15, 0.2) is 11.5 Å². The van der Waals surface area contributed by atoms with Crippen LogP contribution in [-0.2, 0) is 11.3 Å². The summed E-state index contributed by atoms with van der Waals surface area (Å²) < 4.78 is 16.8. The first-order valence-corrected chi connectivity index (χ1v) is 6.95. The molecule has 0 saturated carbocycles. The van der Waals surface area contributed by atoms with E-state index in [1.54, 1.807) is 7.11 Å². The number of hydrogen-bond acceptors (Lipinski definition) is 4. The zero-order chi connectivity index (χ0) is 13.5. The van der Waals surface area contributed by atoms with E-state index in [1.807, 2.05) is 12.1 Å². The molecule has 0 spiro atoms. The zero-order valence-corrected chi connectivity index (χ0v) is 11.8. The Morgan fingerprint density at radius 1 is 1.26 bits per heavy atom. The van der Waals surface area contributed by atoms with Crippen LogP contribution < -0.4 is 14.8 Å². The van der Waals surface area contributed by atoms with Gasteiger partial charge in [-0.2, -0.15) is 0 Å². The Morgan fingerprint density at radius 3 is 2.74 bits per heavy atom. The molecule has 1 aromatic rings. The van der Waals surface area contributed by atoms with Crippen molar-refractivity contribution in [3.8, 4) is 11.5 Å². The third-order valence-electron chi connectivity index (χ3n) is 3.27. The molecule has 0 aromatic heterocycles. The molecule has 1 N–H and O–H groups in total. The van der Waals surface area contributed by atoms with Crippen molar-refractivity contribution in [2.75, 3.05) is 26.9 Å². The SMILES string of the molecule is CCNCc1ccc(OC2CCOCC2)c(OC)c1. The van der Waals surface area contributed by atoms with Gasteiger partial charge in [-0.25, -0.2) is 0 Å². The summed E-state index contributed by atoms with van der Waals surface area (Å²) in [6.07, 6.45) is 2.13. The summed E-state index contributed by atoms with van der Waals surface area (Å²) >= 11 is 0. The van der Waals surface area contributed by atoms with Crippen molar-refractivity contribution in [1.29, 1.82) is 0 Å². The van der Waals surface area contributed by atoms with Crippen LogP contribution in [0.3, 0.4) is 0 Å². The minimum absolute atomic E-state index is 0.238. The summed E-state index contributed by atoms with van der Waals surface area (Å²) in [7, 11) is 1.68. The average Bonchev–Trinajstić information content (AvgIpc) is 2.47. The summed E-state index contributed by atoms with van der Waals surface area (Å²) in [6.45, 7) is 5.48. The van der Waals surface area contributed by atoms with Gasteiger partial charge in [0.05, 0.1) is 20.3 Å². The smallest absolute Gasteiger partial charge is 0.161 e. The lowest BCUT2D eigenvalue weighted by atomic mass is 10.1. The molecule has 0 unspecified atom stereocenters. The predicted octanol–water partition coefficient (Wildman–Crippen LogP) is 2.36. The quantitative estimate of drug-likeness (QED) is 0.857. The molecule has 0 amide bonds. The molecule has 0 radical (unpaired) electrons. The number of methoxy groups -OCH3 is 1. The average molecular weight is 265 g/mol. The first kappa shape index (κ1) is 14.2. The molecule has 0 aliphatic carbocycles. The Kier molecular flexibility index (Phi) is 5.48. The molecule has 106 valence electrons. The lowest BCUT2D eigenvalue weighted by Crippen LogP contribution is -2.26. The van der Waals surface area contributed by atoms with Gasteiger partial charge in [0.1, 0.15) is 6.10 Å². The highest BCUT2D eigenvalue weighted by Crippen LogP contribution is 2.30. The second kappa shape index (κ2) is 7.36.